The number of ether oxygens (including phenoxy) is 1. The first-order chi connectivity index (χ1) is 12.7. The number of pyridine rings is 2. The van der Waals surface area contributed by atoms with Crippen molar-refractivity contribution in [2.24, 2.45) is 0 Å². The lowest BCUT2D eigenvalue weighted by molar-refractivity contribution is -0.0535. The van der Waals surface area contributed by atoms with Crippen molar-refractivity contribution in [1.29, 1.82) is 5.26 Å². The predicted octanol–water partition coefficient (Wildman–Crippen LogP) is 2.58. The number of anilines is 1. The van der Waals surface area contributed by atoms with Crippen LogP contribution in [0.15, 0.2) is 42.6 Å². The molecule has 2 aromatic rings. The third-order valence-electron chi connectivity index (χ3n) is 5.16. The Morgan fingerprint density at radius 1 is 1.31 bits per heavy atom. The smallest absolute Gasteiger partial charge is 0.142 e. The minimum absolute atomic E-state index is 0.0858. The first-order valence-electron chi connectivity index (χ1n) is 9.15. The number of nitriles is 1. The maximum Gasteiger partial charge on any atom is 0.142 e. The molecule has 0 aromatic carbocycles. The molecular weight excluding hydrogens is 326 g/mol. The van der Waals surface area contributed by atoms with Gasteiger partial charge in [0, 0.05) is 25.7 Å². The molecule has 26 heavy (non-hydrogen) atoms. The van der Waals surface area contributed by atoms with Crippen LogP contribution in [0.1, 0.15) is 30.7 Å². The van der Waals surface area contributed by atoms with Gasteiger partial charge in [0.05, 0.1) is 23.9 Å². The van der Waals surface area contributed by atoms with E-state index in [-0.39, 0.29) is 11.6 Å². The molecule has 2 fully saturated rings. The van der Waals surface area contributed by atoms with Crippen molar-refractivity contribution < 1.29 is 4.74 Å². The van der Waals surface area contributed by atoms with E-state index in [1.165, 1.54) is 0 Å². The molecule has 2 aliphatic heterocycles. The Bertz CT molecular complexity index is 790. The highest BCUT2D eigenvalue weighted by atomic mass is 16.5. The monoisotopic (exact) mass is 349 g/mol. The van der Waals surface area contributed by atoms with Gasteiger partial charge in [0.2, 0.25) is 0 Å². The van der Waals surface area contributed by atoms with Gasteiger partial charge in [-0.25, -0.2) is 4.98 Å². The number of rotatable bonds is 4. The molecule has 0 bridgehead atoms. The van der Waals surface area contributed by atoms with Crippen molar-refractivity contribution in [3.8, 4) is 6.07 Å². The molecule has 0 unspecified atom stereocenters. The number of nitrogens with zero attached hydrogens (tertiary/aromatic N) is 4. The van der Waals surface area contributed by atoms with Gasteiger partial charge >= 0.3 is 0 Å². The Labute approximate surface area is 153 Å². The third kappa shape index (κ3) is 3.85. The minimum Gasteiger partial charge on any atom is -0.371 e. The normalized spacial score (nSPS) is 25.9. The molecule has 1 N–H and O–H groups in total. The molecule has 1 spiro atoms. The van der Waals surface area contributed by atoms with E-state index >= 15 is 0 Å². The van der Waals surface area contributed by atoms with Gasteiger partial charge in [0.25, 0.3) is 0 Å². The number of aromatic nitrogens is 2. The lowest BCUT2D eigenvalue weighted by Gasteiger charge is -2.39. The fourth-order valence-electron chi connectivity index (χ4n) is 4.05. The predicted molar refractivity (Wildman–Crippen MR) is 98.4 cm³/mol. The molecule has 0 saturated carbocycles. The standard InChI is InChI=1S/C20H23N5O/c21-12-16-6-3-7-19(23-16)24-18-11-20(26-14-18)8-4-10-25(15-20)13-17-5-1-2-9-22-17/h1-3,5-7,9,18H,4,8,10-11,13-15H2,(H,23,24)/t18-,20+/m0/s1. The molecule has 6 nitrogen and oxygen atoms in total. The highest BCUT2D eigenvalue weighted by Gasteiger charge is 2.43. The third-order valence-corrected chi connectivity index (χ3v) is 5.16. The van der Waals surface area contributed by atoms with Crippen LogP contribution in [0.2, 0.25) is 0 Å². The van der Waals surface area contributed by atoms with E-state index in [0.717, 1.165) is 50.4 Å². The largest absolute Gasteiger partial charge is 0.371 e. The van der Waals surface area contributed by atoms with Crippen LogP contribution in [0.3, 0.4) is 0 Å². The second-order valence-corrected chi connectivity index (χ2v) is 7.19. The molecule has 2 atom stereocenters. The van der Waals surface area contributed by atoms with Crippen LogP contribution in [0, 0.1) is 11.3 Å². The maximum absolute atomic E-state index is 9.00. The van der Waals surface area contributed by atoms with E-state index in [0.29, 0.717) is 12.3 Å². The second-order valence-electron chi connectivity index (χ2n) is 7.19. The Kier molecular flexibility index (Phi) is 4.83. The quantitative estimate of drug-likeness (QED) is 0.914. The van der Waals surface area contributed by atoms with Crippen LogP contribution in [-0.4, -0.2) is 46.2 Å². The Hall–Kier alpha value is -2.49. The first kappa shape index (κ1) is 17.0. The van der Waals surface area contributed by atoms with Gasteiger partial charge in [-0.15, -0.1) is 0 Å². The minimum atomic E-state index is -0.0858. The average molecular weight is 349 g/mol. The Morgan fingerprint density at radius 2 is 2.27 bits per heavy atom. The molecule has 2 aliphatic rings. The highest BCUT2D eigenvalue weighted by Crippen LogP contribution is 2.36. The number of nitrogens with one attached hydrogen (secondary N) is 1. The zero-order valence-electron chi connectivity index (χ0n) is 14.8. The Morgan fingerprint density at radius 3 is 3.12 bits per heavy atom. The summed E-state index contributed by atoms with van der Waals surface area (Å²) in [5.41, 5.74) is 1.45. The fourth-order valence-corrected chi connectivity index (χ4v) is 4.05. The van der Waals surface area contributed by atoms with E-state index in [2.05, 4.69) is 32.3 Å². The number of hydrogen-bond donors (Lipinski definition) is 1. The molecule has 0 radical (unpaired) electrons. The molecule has 4 rings (SSSR count). The van der Waals surface area contributed by atoms with Gasteiger partial charge in [-0.3, -0.25) is 9.88 Å². The van der Waals surface area contributed by atoms with Crippen molar-refractivity contribution in [2.45, 2.75) is 37.5 Å². The van der Waals surface area contributed by atoms with E-state index < -0.39 is 0 Å². The van der Waals surface area contributed by atoms with Crippen LogP contribution in [-0.2, 0) is 11.3 Å². The number of likely N-dealkylation sites (tertiary alicyclic amines) is 1. The summed E-state index contributed by atoms with van der Waals surface area (Å²) >= 11 is 0. The lowest BCUT2D eigenvalue weighted by atomic mass is 9.88. The summed E-state index contributed by atoms with van der Waals surface area (Å²) in [6.07, 6.45) is 5.05. The summed E-state index contributed by atoms with van der Waals surface area (Å²) in [4.78, 5) is 11.2. The molecule has 4 heterocycles. The zero-order valence-corrected chi connectivity index (χ0v) is 14.8. The zero-order chi connectivity index (χ0) is 17.8. The van der Waals surface area contributed by atoms with Gasteiger partial charge in [-0.05, 0) is 43.7 Å². The number of piperidine rings is 1. The highest BCUT2D eigenvalue weighted by molar-refractivity contribution is 5.39. The topological polar surface area (TPSA) is 74.1 Å². The summed E-state index contributed by atoms with van der Waals surface area (Å²) in [5, 5.41) is 12.4. The Balaban J connectivity index is 1.37. The van der Waals surface area contributed by atoms with Crippen molar-refractivity contribution >= 4 is 5.82 Å². The van der Waals surface area contributed by atoms with Crippen LogP contribution < -0.4 is 5.32 Å². The van der Waals surface area contributed by atoms with E-state index in [1.807, 2.05) is 30.5 Å². The van der Waals surface area contributed by atoms with E-state index in [4.69, 9.17) is 10.00 Å². The van der Waals surface area contributed by atoms with Crippen LogP contribution in [0.5, 0.6) is 0 Å². The van der Waals surface area contributed by atoms with Crippen LogP contribution >= 0.6 is 0 Å². The second kappa shape index (κ2) is 7.40. The van der Waals surface area contributed by atoms with E-state index in [1.54, 1.807) is 6.07 Å². The number of hydrogen-bond acceptors (Lipinski definition) is 6. The van der Waals surface area contributed by atoms with Gasteiger partial charge in [0.15, 0.2) is 0 Å². The van der Waals surface area contributed by atoms with Crippen molar-refractivity contribution in [3.63, 3.8) is 0 Å². The summed E-state index contributed by atoms with van der Waals surface area (Å²) < 4.78 is 6.27. The van der Waals surface area contributed by atoms with Crippen molar-refractivity contribution in [3.05, 3.63) is 54.0 Å². The fraction of sp³-hybridized carbons (Fsp3) is 0.450. The molecule has 2 saturated heterocycles. The van der Waals surface area contributed by atoms with Gasteiger partial charge in [-0.1, -0.05) is 12.1 Å². The molecule has 0 amide bonds. The average Bonchev–Trinajstić information content (AvgIpc) is 3.04. The van der Waals surface area contributed by atoms with Crippen molar-refractivity contribution in [1.82, 2.24) is 14.9 Å². The van der Waals surface area contributed by atoms with Crippen LogP contribution in [0.4, 0.5) is 5.82 Å². The summed E-state index contributed by atoms with van der Waals surface area (Å²) in [7, 11) is 0. The molecular formula is C20H23N5O. The summed E-state index contributed by atoms with van der Waals surface area (Å²) in [5.74, 6) is 0.746. The SMILES string of the molecule is N#Cc1cccc(N[C@@H]2CO[C@]3(CCCN(Cc4ccccn4)C3)C2)n1. The van der Waals surface area contributed by atoms with Gasteiger partial charge in [-0.2, -0.15) is 5.26 Å². The first-order valence-corrected chi connectivity index (χ1v) is 9.15. The summed E-state index contributed by atoms with van der Waals surface area (Å²) in [6, 6.07) is 13.9. The van der Waals surface area contributed by atoms with Gasteiger partial charge < -0.3 is 10.1 Å². The van der Waals surface area contributed by atoms with E-state index in [9.17, 15) is 0 Å². The van der Waals surface area contributed by atoms with Crippen molar-refractivity contribution in [2.75, 3.05) is 25.0 Å². The van der Waals surface area contributed by atoms with Gasteiger partial charge in [0.1, 0.15) is 17.6 Å². The maximum atomic E-state index is 9.00. The van der Waals surface area contributed by atoms with Crippen LogP contribution in [0.25, 0.3) is 0 Å². The molecule has 134 valence electrons. The summed E-state index contributed by atoms with van der Waals surface area (Å²) in [6.45, 7) is 3.57. The lowest BCUT2D eigenvalue weighted by Crippen LogP contribution is -2.47. The molecule has 6 heteroatoms. The molecule has 0 aliphatic carbocycles. The molecule has 2 aromatic heterocycles.